The maximum atomic E-state index is 5.00. The van der Waals surface area contributed by atoms with Gasteiger partial charge in [0, 0.05) is 71.7 Å². The van der Waals surface area contributed by atoms with Gasteiger partial charge in [-0.15, -0.1) is 0 Å². The molecule has 0 bridgehead atoms. The van der Waals surface area contributed by atoms with E-state index in [1.165, 1.54) is 28.6 Å². The van der Waals surface area contributed by atoms with Gasteiger partial charge in [0.15, 0.2) is 0 Å². The van der Waals surface area contributed by atoms with Crippen LogP contribution in [0, 0.1) is 62.3 Å². The molecular weight excluding hydrogens is 895 g/mol. The molecule has 0 N–H and O–H groups in total. The van der Waals surface area contributed by atoms with Crippen LogP contribution in [0.15, 0.2) is 152 Å². The van der Waals surface area contributed by atoms with E-state index in [0.717, 1.165) is 45.6 Å². The summed E-state index contributed by atoms with van der Waals surface area (Å²) in [4.78, 5) is 27.7. The third-order valence-electron chi connectivity index (χ3n) is 8.86. The van der Waals surface area contributed by atoms with Crippen LogP contribution >= 0.6 is 0 Å². The molecular formula is C57H73N7O7. The fourth-order valence-corrected chi connectivity index (χ4v) is 5.09. The Hall–Kier alpha value is -8.13. The first-order valence-electron chi connectivity index (χ1n) is 22.4. The lowest BCUT2D eigenvalue weighted by atomic mass is 10.2. The Morgan fingerprint density at radius 3 is 1.13 bits per heavy atom. The van der Waals surface area contributed by atoms with Gasteiger partial charge < -0.3 is 33.2 Å². The van der Waals surface area contributed by atoms with E-state index in [9.17, 15) is 0 Å². The van der Waals surface area contributed by atoms with Crippen molar-refractivity contribution in [1.82, 2.24) is 34.9 Å². The fourth-order valence-electron chi connectivity index (χ4n) is 5.09. The van der Waals surface area contributed by atoms with E-state index in [1.807, 2.05) is 139 Å². The molecule has 2 aromatic carbocycles. The Balaban J connectivity index is 0.000000406. The maximum Gasteiger partial charge on any atom is 0.216 e. The van der Waals surface area contributed by atoms with Crippen molar-refractivity contribution >= 4 is 0 Å². The Labute approximate surface area is 422 Å². The van der Waals surface area contributed by atoms with Gasteiger partial charge in [0.05, 0.1) is 56.0 Å². The minimum atomic E-state index is 0.613. The summed E-state index contributed by atoms with van der Waals surface area (Å²) in [7, 11) is 11.4. The monoisotopic (exact) mass is 968 g/mol. The van der Waals surface area contributed by atoms with E-state index in [2.05, 4.69) is 73.0 Å². The first-order valence-corrected chi connectivity index (χ1v) is 22.4. The number of pyridine rings is 5. The number of hydrogen-bond donors (Lipinski definition) is 0. The highest BCUT2D eigenvalue weighted by Crippen LogP contribution is 2.12. The molecule has 0 atom stereocenters. The number of ether oxygens (including phenoxy) is 7. The molecule has 8 aromatic rings. The quantitative estimate of drug-likeness (QED) is 0.149. The van der Waals surface area contributed by atoms with Gasteiger partial charge in [-0.05, 0) is 121 Å². The lowest BCUT2D eigenvalue weighted by molar-refractivity contribution is 0.396. The third kappa shape index (κ3) is 30.1. The van der Waals surface area contributed by atoms with Crippen molar-refractivity contribution in [2.45, 2.75) is 62.3 Å². The second kappa shape index (κ2) is 36.9. The maximum absolute atomic E-state index is 5.00. The summed E-state index contributed by atoms with van der Waals surface area (Å²) in [5, 5.41) is 0. The number of hydrogen-bond acceptors (Lipinski definition) is 14. The normalized spacial score (nSPS) is 9.13. The van der Waals surface area contributed by atoms with E-state index in [4.69, 9.17) is 33.2 Å². The smallest absolute Gasteiger partial charge is 0.216 e. The highest BCUT2D eigenvalue weighted by atomic mass is 16.5. The van der Waals surface area contributed by atoms with Crippen LogP contribution in [0.2, 0.25) is 0 Å². The van der Waals surface area contributed by atoms with Crippen LogP contribution in [0.5, 0.6) is 40.8 Å². The number of methoxy groups -OCH3 is 7. The van der Waals surface area contributed by atoms with E-state index < -0.39 is 0 Å². The first-order chi connectivity index (χ1) is 34.1. The number of benzene rings is 2. The third-order valence-corrected chi connectivity index (χ3v) is 8.86. The molecule has 71 heavy (non-hydrogen) atoms. The predicted molar refractivity (Wildman–Crippen MR) is 285 cm³/mol. The lowest BCUT2D eigenvalue weighted by Gasteiger charge is -1.97. The molecule has 0 radical (unpaired) electrons. The van der Waals surface area contributed by atoms with Crippen molar-refractivity contribution in [2.75, 3.05) is 49.8 Å². The summed E-state index contributed by atoms with van der Waals surface area (Å²) in [6.45, 7) is 17.9. The van der Waals surface area contributed by atoms with Gasteiger partial charge in [0.1, 0.15) is 23.6 Å². The molecule has 0 unspecified atom stereocenters. The highest BCUT2D eigenvalue weighted by molar-refractivity contribution is 5.27. The Bertz CT molecular complexity index is 2170. The van der Waals surface area contributed by atoms with Crippen LogP contribution in [-0.2, 0) is 0 Å². The Morgan fingerprint density at radius 2 is 0.761 bits per heavy atom. The average molecular weight is 968 g/mol. The van der Waals surface area contributed by atoms with E-state index in [-0.39, 0.29) is 0 Å². The second-order valence-corrected chi connectivity index (χ2v) is 15.1. The van der Waals surface area contributed by atoms with E-state index >= 15 is 0 Å². The summed E-state index contributed by atoms with van der Waals surface area (Å²) in [5.41, 5.74) is 10.0. The molecule has 6 heterocycles. The van der Waals surface area contributed by atoms with Crippen LogP contribution in [0.25, 0.3) is 0 Å². The molecule has 14 nitrogen and oxygen atoms in total. The topological polar surface area (TPSA) is 155 Å². The second-order valence-electron chi connectivity index (χ2n) is 15.1. The number of aryl methyl sites for hydroxylation is 9. The number of nitrogens with zero attached hydrogens (tertiary/aromatic N) is 7. The molecule has 378 valence electrons. The minimum Gasteiger partial charge on any atom is -0.497 e. The van der Waals surface area contributed by atoms with Crippen molar-refractivity contribution in [1.29, 1.82) is 0 Å². The molecule has 0 aliphatic carbocycles. The molecule has 0 saturated heterocycles. The molecule has 0 aliphatic heterocycles. The molecule has 14 heteroatoms. The summed E-state index contributed by atoms with van der Waals surface area (Å²) in [6, 6.07) is 39.1. The van der Waals surface area contributed by atoms with Gasteiger partial charge in [0.2, 0.25) is 23.5 Å². The van der Waals surface area contributed by atoms with E-state index in [1.54, 1.807) is 80.6 Å². The van der Waals surface area contributed by atoms with Gasteiger partial charge in [-0.3, -0.25) is 9.97 Å². The van der Waals surface area contributed by atoms with Gasteiger partial charge in [-0.25, -0.2) is 24.9 Å². The van der Waals surface area contributed by atoms with Gasteiger partial charge in [0.25, 0.3) is 0 Å². The largest absolute Gasteiger partial charge is 0.497 e. The molecule has 0 amide bonds. The first kappa shape index (κ1) is 60.9. The van der Waals surface area contributed by atoms with E-state index in [0.29, 0.717) is 23.5 Å². The van der Waals surface area contributed by atoms with Crippen molar-refractivity contribution < 1.29 is 33.2 Å². The minimum absolute atomic E-state index is 0.613. The Morgan fingerprint density at radius 1 is 0.296 bits per heavy atom. The molecule has 6 aromatic heterocycles. The van der Waals surface area contributed by atoms with Crippen LogP contribution < -0.4 is 33.2 Å². The lowest BCUT2D eigenvalue weighted by Crippen LogP contribution is -1.88. The summed E-state index contributed by atoms with van der Waals surface area (Å²) in [5.74, 6) is 5.25. The van der Waals surface area contributed by atoms with Crippen LogP contribution in [0.3, 0.4) is 0 Å². The molecule has 0 saturated carbocycles. The zero-order chi connectivity index (χ0) is 52.8. The summed E-state index contributed by atoms with van der Waals surface area (Å²) in [6.07, 6.45) is 8.42. The Kier molecular flexibility index (Phi) is 31.6. The van der Waals surface area contributed by atoms with Crippen molar-refractivity contribution in [2.24, 2.45) is 0 Å². The number of aromatic nitrogens is 7. The highest BCUT2D eigenvalue weighted by Gasteiger charge is 1.93. The average Bonchev–Trinajstić information content (AvgIpc) is 3.38. The van der Waals surface area contributed by atoms with Crippen LogP contribution in [-0.4, -0.2) is 84.7 Å². The molecule has 0 fully saturated rings. The fraction of sp³-hybridized carbons (Fsp3) is 0.281. The van der Waals surface area contributed by atoms with Gasteiger partial charge in [-0.2, -0.15) is 0 Å². The zero-order valence-corrected chi connectivity index (χ0v) is 44.4. The molecule has 8 rings (SSSR count). The van der Waals surface area contributed by atoms with Crippen LogP contribution in [0.4, 0.5) is 0 Å². The van der Waals surface area contributed by atoms with Crippen molar-refractivity contribution in [3.05, 3.63) is 203 Å². The molecule has 0 aliphatic rings. The summed E-state index contributed by atoms with van der Waals surface area (Å²) < 4.78 is 34.4. The standard InChI is InChI=1S/C8H10O.C8H10.5C7H9NO.C6H8N2O/c1-7-4-3-5-8(6-7)9-2;1-7-3-5-8(2)6-4-7;1-6-3-7(9-2)5-8-4-6;1-6-5-7(9-2)3-4-8-6;1-6-3-4-8-7(5-6)9-2;2*1-6-4-3-5-7(8-6)9-2;1-5-3-6(9-2)8-4-7-5/h3-6H,1-2H3;3-6H,1-2H3;5*3-5H,1-2H3;3-4H,1-2H3. The van der Waals surface area contributed by atoms with Gasteiger partial charge in [-0.1, -0.05) is 59.7 Å². The SMILES string of the molecule is COc1cc(C)ccn1.COc1cc(C)ncn1.COc1cccc(C)c1.COc1cccc(C)n1.COc1cccc(C)n1.COc1ccnc(C)c1.COc1cncc(C)c1.Cc1ccc(C)cc1. The van der Waals surface area contributed by atoms with Crippen molar-refractivity contribution in [3.8, 4) is 40.8 Å². The predicted octanol–water partition coefficient (Wildman–Crippen LogP) is 12.1. The van der Waals surface area contributed by atoms with Gasteiger partial charge >= 0.3 is 0 Å². The van der Waals surface area contributed by atoms with Crippen molar-refractivity contribution in [3.63, 3.8) is 0 Å². The number of rotatable bonds is 7. The van der Waals surface area contributed by atoms with Crippen LogP contribution in [0.1, 0.15) is 50.6 Å². The zero-order valence-electron chi connectivity index (χ0n) is 44.4. The summed E-state index contributed by atoms with van der Waals surface area (Å²) >= 11 is 0. The molecule has 0 spiro atoms.